The predicted molar refractivity (Wildman–Crippen MR) is 61.9 cm³/mol. The van der Waals surface area contributed by atoms with E-state index in [4.69, 9.17) is 16.7 Å². The molecule has 2 amide bonds. The Bertz CT molecular complexity index is 436. The Labute approximate surface area is 102 Å². The van der Waals surface area contributed by atoms with E-state index in [1.807, 2.05) is 5.48 Å². The van der Waals surface area contributed by atoms with Gasteiger partial charge in [0.15, 0.2) is 6.61 Å². The van der Waals surface area contributed by atoms with Gasteiger partial charge < -0.3 is 10.4 Å². The van der Waals surface area contributed by atoms with E-state index in [9.17, 15) is 9.59 Å². The molecule has 92 valence electrons. The van der Waals surface area contributed by atoms with Gasteiger partial charge in [0, 0.05) is 10.7 Å². The second kappa shape index (κ2) is 6.07. The Morgan fingerprint density at radius 1 is 1.47 bits per heavy atom. The van der Waals surface area contributed by atoms with Gasteiger partial charge in [-0.05, 0) is 24.6 Å². The SMILES string of the molecule is Cc1c(Cl)cccc1NC(=O)NOCC(=O)O. The highest BCUT2D eigenvalue weighted by Gasteiger charge is 2.06. The van der Waals surface area contributed by atoms with Gasteiger partial charge in [0.05, 0.1) is 0 Å². The number of halogens is 1. The van der Waals surface area contributed by atoms with Crippen molar-refractivity contribution < 1.29 is 19.5 Å². The van der Waals surface area contributed by atoms with Crippen molar-refractivity contribution in [1.82, 2.24) is 5.48 Å². The number of carboxylic acid groups (broad SMARTS) is 1. The molecule has 0 saturated carbocycles. The van der Waals surface area contributed by atoms with Gasteiger partial charge in [-0.25, -0.2) is 15.1 Å². The van der Waals surface area contributed by atoms with Crippen molar-refractivity contribution in [2.45, 2.75) is 6.92 Å². The predicted octanol–water partition coefficient (Wildman–Crippen LogP) is 1.79. The van der Waals surface area contributed by atoms with Crippen molar-refractivity contribution in [3.8, 4) is 0 Å². The van der Waals surface area contributed by atoms with Gasteiger partial charge in [0.25, 0.3) is 0 Å². The van der Waals surface area contributed by atoms with Crippen LogP contribution in [0.15, 0.2) is 18.2 Å². The summed E-state index contributed by atoms with van der Waals surface area (Å²) in [6.45, 7) is 1.14. The summed E-state index contributed by atoms with van der Waals surface area (Å²) < 4.78 is 0. The number of urea groups is 1. The number of hydrogen-bond donors (Lipinski definition) is 3. The summed E-state index contributed by atoms with van der Waals surface area (Å²) in [4.78, 5) is 25.8. The Morgan fingerprint density at radius 3 is 2.82 bits per heavy atom. The second-order valence-corrected chi connectivity index (χ2v) is 3.56. The van der Waals surface area contributed by atoms with Gasteiger partial charge in [0.1, 0.15) is 0 Å². The van der Waals surface area contributed by atoms with Crippen LogP contribution in [0.3, 0.4) is 0 Å². The quantitative estimate of drug-likeness (QED) is 0.719. The summed E-state index contributed by atoms with van der Waals surface area (Å²) in [6, 6.07) is 4.37. The smallest absolute Gasteiger partial charge is 0.343 e. The molecular formula is C10H11ClN2O4. The van der Waals surface area contributed by atoms with Crippen LogP contribution in [0.25, 0.3) is 0 Å². The van der Waals surface area contributed by atoms with E-state index in [0.717, 1.165) is 0 Å². The van der Waals surface area contributed by atoms with Crippen molar-refractivity contribution in [2.24, 2.45) is 0 Å². The Kier molecular flexibility index (Phi) is 4.74. The summed E-state index contributed by atoms with van der Waals surface area (Å²) in [5.41, 5.74) is 3.17. The van der Waals surface area contributed by atoms with Crippen LogP contribution in [-0.4, -0.2) is 23.7 Å². The lowest BCUT2D eigenvalue weighted by Gasteiger charge is -2.09. The largest absolute Gasteiger partial charge is 0.479 e. The first-order chi connectivity index (χ1) is 8.00. The fourth-order valence-corrected chi connectivity index (χ4v) is 1.23. The zero-order valence-corrected chi connectivity index (χ0v) is 9.75. The second-order valence-electron chi connectivity index (χ2n) is 3.15. The maximum Gasteiger partial charge on any atom is 0.343 e. The van der Waals surface area contributed by atoms with Crippen LogP contribution in [0.1, 0.15) is 5.56 Å². The number of aliphatic carboxylic acids is 1. The molecule has 0 bridgehead atoms. The molecule has 0 radical (unpaired) electrons. The molecular weight excluding hydrogens is 248 g/mol. The zero-order valence-electron chi connectivity index (χ0n) is 8.99. The molecule has 6 nitrogen and oxygen atoms in total. The number of hydrogen-bond acceptors (Lipinski definition) is 3. The third kappa shape index (κ3) is 4.29. The molecule has 1 rings (SSSR count). The molecule has 0 aliphatic rings. The molecule has 0 aliphatic heterocycles. The van der Waals surface area contributed by atoms with Crippen LogP contribution in [0, 0.1) is 6.92 Å². The fraction of sp³-hybridized carbons (Fsp3) is 0.200. The average Bonchev–Trinajstić information content (AvgIpc) is 2.24. The molecule has 17 heavy (non-hydrogen) atoms. The average molecular weight is 259 g/mol. The standard InChI is InChI=1S/C10H11ClN2O4/c1-6-7(11)3-2-4-8(6)12-10(16)13-17-5-9(14)15/h2-4H,5H2,1H3,(H,14,15)(H2,12,13,16). The normalized spacial score (nSPS) is 9.76. The van der Waals surface area contributed by atoms with E-state index < -0.39 is 18.6 Å². The van der Waals surface area contributed by atoms with Crippen molar-refractivity contribution in [1.29, 1.82) is 0 Å². The van der Waals surface area contributed by atoms with Gasteiger partial charge >= 0.3 is 12.0 Å². The third-order valence-corrected chi connectivity index (χ3v) is 2.29. The molecule has 1 aromatic rings. The number of amides is 2. The van der Waals surface area contributed by atoms with E-state index in [1.54, 1.807) is 25.1 Å². The first kappa shape index (κ1) is 13.3. The summed E-state index contributed by atoms with van der Waals surface area (Å²) >= 11 is 5.86. The van der Waals surface area contributed by atoms with Crippen LogP contribution in [0.4, 0.5) is 10.5 Å². The van der Waals surface area contributed by atoms with Crippen molar-refractivity contribution in [3.63, 3.8) is 0 Å². The van der Waals surface area contributed by atoms with Gasteiger partial charge in [-0.3, -0.25) is 4.84 Å². The zero-order chi connectivity index (χ0) is 12.8. The van der Waals surface area contributed by atoms with Crippen LogP contribution in [-0.2, 0) is 9.63 Å². The van der Waals surface area contributed by atoms with Gasteiger partial charge in [-0.15, -0.1) is 0 Å². The lowest BCUT2D eigenvalue weighted by molar-refractivity contribution is -0.143. The minimum atomic E-state index is -1.18. The number of carbonyl (C=O) groups excluding carboxylic acids is 1. The Balaban J connectivity index is 2.51. The summed E-state index contributed by atoms with van der Waals surface area (Å²) in [6.07, 6.45) is 0. The Morgan fingerprint density at radius 2 is 2.18 bits per heavy atom. The molecule has 0 spiro atoms. The van der Waals surface area contributed by atoms with Crippen LogP contribution >= 0.6 is 11.6 Å². The van der Waals surface area contributed by atoms with Crippen molar-refractivity contribution in [3.05, 3.63) is 28.8 Å². The van der Waals surface area contributed by atoms with Crippen molar-refractivity contribution >= 4 is 29.3 Å². The number of anilines is 1. The number of benzene rings is 1. The monoisotopic (exact) mass is 258 g/mol. The molecule has 0 heterocycles. The molecule has 0 unspecified atom stereocenters. The van der Waals surface area contributed by atoms with Crippen LogP contribution < -0.4 is 10.8 Å². The van der Waals surface area contributed by atoms with Crippen LogP contribution in [0.5, 0.6) is 0 Å². The highest BCUT2D eigenvalue weighted by Crippen LogP contribution is 2.22. The maximum atomic E-state index is 11.3. The van der Waals surface area contributed by atoms with Crippen molar-refractivity contribution in [2.75, 3.05) is 11.9 Å². The highest BCUT2D eigenvalue weighted by molar-refractivity contribution is 6.31. The number of nitrogens with one attached hydrogen (secondary N) is 2. The third-order valence-electron chi connectivity index (χ3n) is 1.88. The first-order valence-corrected chi connectivity index (χ1v) is 5.04. The molecule has 0 aromatic heterocycles. The molecule has 1 aromatic carbocycles. The van der Waals surface area contributed by atoms with Crippen LogP contribution in [0.2, 0.25) is 5.02 Å². The number of carboxylic acids is 1. The molecule has 0 aliphatic carbocycles. The summed E-state index contributed by atoms with van der Waals surface area (Å²) in [5.74, 6) is -1.18. The molecule has 0 saturated heterocycles. The lowest BCUT2D eigenvalue weighted by Crippen LogP contribution is -2.31. The summed E-state index contributed by atoms with van der Waals surface area (Å²) in [5, 5.41) is 11.3. The number of rotatable bonds is 4. The minimum absolute atomic E-state index is 0.522. The van der Waals surface area contributed by atoms with E-state index >= 15 is 0 Å². The molecule has 3 N–H and O–H groups in total. The fourth-order valence-electron chi connectivity index (χ4n) is 1.05. The molecule has 0 atom stereocenters. The maximum absolute atomic E-state index is 11.3. The van der Waals surface area contributed by atoms with E-state index in [1.165, 1.54) is 0 Å². The highest BCUT2D eigenvalue weighted by atomic mass is 35.5. The van der Waals surface area contributed by atoms with E-state index in [-0.39, 0.29) is 0 Å². The lowest BCUT2D eigenvalue weighted by atomic mass is 10.2. The molecule has 0 fully saturated rings. The number of carbonyl (C=O) groups is 2. The molecule has 7 heteroatoms. The van der Waals surface area contributed by atoms with Gasteiger partial charge in [-0.2, -0.15) is 0 Å². The first-order valence-electron chi connectivity index (χ1n) is 4.66. The topological polar surface area (TPSA) is 87.7 Å². The Hall–Kier alpha value is -1.79. The minimum Gasteiger partial charge on any atom is -0.479 e. The number of hydroxylamine groups is 1. The van der Waals surface area contributed by atoms with Gasteiger partial charge in [0.2, 0.25) is 0 Å². The van der Waals surface area contributed by atoms with E-state index in [0.29, 0.717) is 16.3 Å². The van der Waals surface area contributed by atoms with E-state index in [2.05, 4.69) is 10.2 Å². The summed E-state index contributed by atoms with van der Waals surface area (Å²) in [7, 11) is 0. The van der Waals surface area contributed by atoms with Gasteiger partial charge in [-0.1, -0.05) is 17.7 Å².